The van der Waals surface area contributed by atoms with Gasteiger partial charge in [0, 0.05) is 0 Å². The summed E-state index contributed by atoms with van der Waals surface area (Å²) in [6.45, 7) is 9.58. The van der Waals surface area contributed by atoms with Gasteiger partial charge in [0.15, 0.2) is 0 Å². The molecule has 0 amide bonds. The fourth-order valence-corrected chi connectivity index (χ4v) is 3.51. The Hall–Kier alpha value is -2.16. The molecule has 0 saturated carbocycles. The zero-order valence-electron chi connectivity index (χ0n) is 16.3. The van der Waals surface area contributed by atoms with Crippen LogP contribution < -0.4 is 4.74 Å². The highest BCUT2D eigenvalue weighted by atomic mass is 127. The number of carbonyl (C=O) groups is 1. The Morgan fingerprint density at radius 3 is 2.56 bits per heavy atom. The molecule has 0 aliphatic carbocycles. The van der Waals surface area contributed by atoms with Crippen molar-refractivity contribution in [3.8, 4) is 16.9 Å². The van der Waals surface area contributed by atoms with Gasteiger partial charge in [0.2, 0.25) is 0 Å². The molecule has 0 unspecified atom stereocenters. The van der Waals surface area contributed by atoms with Gasteiger partial charge in [0.1, 0.15) is 26.1 Å². The standard InChI is InChI=1S/C20H22IN3O3/c1-11-8-7-9-13(12(11)2)15-14(26-6)10-22-16-17(15)24(23-18(16)21)19(25)27-20(3,4)5/h7-10H,1-6H3. The van der Waals surface area contributed by atoms with Crippen LogP contribution in [0.25, 0.3) is 22.2 Å². The van der Waals surface area contributed by atoms with Gasteiger partial charge >= 0.3 is 6.09 Å². The lowest BCUT2D eigenvalue weighted by Gasteiger charge is -2.20. The maximum atomic E-state index is 12.8. The van der Waals surface area contributed by atoms with Crippen LogP contribution in [0.3, 0.4) is 0 Å². The lowest BCUT2D eigenvalue weighted by molar-refractivity contribution is 0.0522. The summed E-state index contributed by atoms with van der Waals surface area (Å²) in [5, 5.41) is 4.40. The van der Waals surface area contributed by atoms with Gasteiger partial charge in [-0.05, 0) is 73.9 Å². The summed E-state index contributed by atoms with van der Waals surface area (Å²) < 4.78 is 13.1. The van der Waals surface area contributed by atoms with Gasteiger partial charge in [0.05, 0.1) is 18.9 Å². The van der Waals surface area contributed by atoms with Crippen LogP contribution in [0.1, 0.15) is 31.9 Å². The Kier molecular flexibility index (Phi) is 5.16. The third-order valence-electron chi connectivity index (χ3n) is 4.27. The number of rotatable bonds is 2. The number of ether oxygens (including phenoxy) is 2. The first kappa shape index (κ1) is 19.6. The number of carbonyl (C=O) groups excluding carboxylic acids is 1. The van der Waals surface area contributed by atoms with E-state index in [1.54, 1.807) is 13.3 Å². The smallest absolute Gasteiger partial charge is 0.435 e. The Morgan fingerprint density at radius 2 is 1.93 bits per heavy atom. The third-order valence-corrected chi connectivity index (χ3v) is 5.00. The monoisotopic (exact) mass is 479 g/mol. The summed E-state index contributed by atoms with van der Waals surface area (Å²) in [6.07, 6.45) is 1.12. The summed E-state index contributed by atoms with van der Waals surface area (Å²) in [7, 11) is 1.59. The molecule has 2 heterocycles. The molecule has 0 bridgehead atoms. The zero-order valence-corrected chi connectivity index (χ0v) is 18.4. The Morgan fingerprint density at radius 1 is 1.22 bits per heavy atom. The van der Waals surface area contributed by atoms with E-state index in [-0.39, 0.29) is 0 Å². The number of aromatic nitrogens is 3. The minimum Gasteiger partial charge on any atom is -0.494 e. The number of benzene rings is 1. The number of pyridine rings is 1. The van der Waals surface area contributed by atoms with E-state index < -0.39 is 11.7 Å². The molecule has 142 valence electrons. The molecule has 0 aliphatic heterocycles. The highest BCUT2D eigenvalue weighted by molar-refractivity contribution is 14.1. The molecule has 0 saturated heterocycles. The molecule has 27 heavy (non-hydrogen) atoms. The molecule has 3 aromatic rings. The van der Waals surface area contributed by atoms with Crippen molar-refractivity contribution in [2.75, 3.05) is 7.11 Å². The second-order valence-corrected chi connectivity index (χ2v) is 8.35. The molecular formula is C20H22IN3O3. The summed E-state index contributed by atoms with van der Waals surface area (Å²) in [6, 6.07) is 6.06. The summed E-state index contributed by atoms with van der Waals surface area (Å²) in [4.78, 5) is 17.3. The van der Waals surface area contributed by atoms with Gasteiger partial charge < -0.3 is 9.47 Å². The van der Waals surface area contributed by atoms with Gasteiger partial charge in [-0.2, -0.15) is 9.78 Å². The van der Waals surface area contributed by atoms with E-state index in [1.807, 2.05) is 32.9 Å². The highest BCUT2D eigenvalue weighted by Gasteiger charge is 2.26. The molecule has 0 spiro atoms. The lowest BCUT2D eigenvalue weighted by atomic mass is 9.96. The van der Waals surface area contributed by atoms with E-state index in [0.29, 0.717) is 20.5 Å². The van der Waals surface area contributed by atoms with Crippen LogP contribution >= 0.6 is 22.6 Å². The number of nitrogens with zero attached hydrogens (tertiary/aromatic N) is 3. The molecule has 3 rings (SSSR count). The fraction of sp³-hybridized carbons (Fsp3) is 0.350. The largest absolute Gasteiger partial charge is 0.494 e. The number of halogens is 1. The molecule has 7 heteroatoms. The lowest BCUT2D eigenvalue weighted by Crippen LogP contribution is -2.28. The predicted octanol–water partition coefficient (Wildman–Crippen LogP) is 5.11. The predicted molar refractivity (Wildman–Crippen MR) is 113 cm³/mol. The van der Waals surface area contributed by atoms with Crippen molar-refractivity contribution < 1.29 is 14.3 Å². The second kappa shape index (κ2) is 7.10. The van der Waals surface area contributed by atoms with E-state index in [0.717, 1.165) is 22.3 Å². The average molecular weight is 479 g/mol. The zero-order chi connectivity index (χ0) is 19.9. The van der Waals surface area contributed by atoms with E-state index >= 15 is 0 Å². The quantitative estimate of drug-likeness (QED) is 0.478. The summed E-state index contributed by atoms with van der Waals surface area (Å²) >= 11 is 2.08. The van der Waals surface area contributed by atoms with Crippen LogP contribution in [-0.2, 0) is 4.74 Å². The normalized spacial score (nSPS) is 11.7. The maximum Gasteiger partial charge on any atom is 0.435 e. The number of fused-ring (bicyclic) bond motifs is 1. The third kappa shape index (κ3) is 3.65. The van der Waals surface area contributed by atoms with Crippen molar-refractivity contribution in [2.45, 2.75) is 40.2 Å². The molecular weight excluding hydrogens is 457 g/mol. The summed E-state index contributed by atoms with van der Waals surface area (Å²) in [5.41, 5.74) is 4.60. The average Bonchev–Trinajstić information content (AvgIpc) is 2.92. The van der Waals surface area contributed by atoms with Crippen molar-refractivity contribution in [3.05, 3.63) is 39.2 Å². The Labute approximate surface area is 172 Å². The van der Waals surface area contributed by atoms with Crippen LogP contribution in [0.15, 0.2) is 24.4 Å². The number of aryl methyl sites for hydroxylation is 1. The van der Waals surface area contributed by atoms with E-state index in [1.165, 1.54) is 4.68 Å². The van der Waals surface area contributed by atoms with Gasteiger partial charge in [-0.3, -0.25) is 0 Å². The maximum absolute atomic E-state index is 12.8. The molecule has 0 aliphatic rings. The minimum atomic E-state index is -0.632. The molecule has 0 atom stereocenters. The number of hydrogen-bond donors (Lipinski definition) is 0. The van der Waals surface area contributed by atoms with Crippen molar-refractivity contribution in [3.63, 3.8) is 0 Å². The molecule has 0 N–H and O–H groups in total. The molecule has 0 radical (unpaired) electrons. The first-order valence-electron chi connectivity index (χ1n) is 8.55. The van der Waals surface area contributed by atoms with Crippen LogP contribution in [-0.4, -0.2) is 33.6 Å². The number of methoxy groups -OCH3 is 1. The first-order chi connectivity index (χ1) is 12.6. The van der Waals surface area contributed by atoms with Crippen molar-refractivity contribution >= 4 is 39.7 Å². The van der Waals surface area contributed by atoms with E-state index in [9.17, 15) is 4.79 Å². The SMILES string of the molecule is COc1cnc2c(I)nn(C(=O)OC(C)(C)C)c2c1-c1cccc(C)c1C. The minimum absolute atomic E-state index is 0.544. The molecule has 1 aromatic carbocycles. The van der Waals surface area contributed by atoms with Gasteiger partial charge in [-0.15, -0.1) is 0 Å². The Bertz CT molecular complexity index is 1040. The first-order valence-corrected chi connectivity index (χ1v) is 9.63. The second-order valence-electron chi connectivity index (χ2n) is 7.33. The van der Waals surface area contributed by atoms with Gasteiger partial charge in [-0.1, -0.05) is 18.2 Å². The highest BCUT2D eigenvalue weighted by Crippen LogP contribution is 2.39. The molecule has 0 fully saturated rings. The summed E-state index contributed by atoms with van der Waals surface area (Å²) in [5.74, 6) is 0.581. The van der Waals surface area contributed by atoms with E-state index in [4.69, 9.17) is 9.47 Å². The fourth-order valence-electron chi connectivity index (χ4n) is 2.90. The number of hydrogen-bond acceptors (Lipinski definition) is 5. The van der Waals surface area contributed by atoms with Gasteiger partial charge in [-0.25, -0.2) is 9.78 Å². The Balaban J connectivity index is 2.38. The van der Waals surface area contributed by atoms with Crippen molar-refractivity contribution in [2.24, 2.45) is 0 Å². The van der Waals surface area contributed by atoms with E-state index in [2.05, 4.69) is 52.6 Å². The van der Waals surface area contributed by atoms with Crippen LogP contribution in [0, 0.1) is 17.5 Å². The van der Waals surface area contributed by atoms with Crippen LogP contribution in [0.2, 0.25) is 0 Å². The molecule has 6 nitrogen and oxygen atoms in total. The topological polar surface area (TPSA) is 66.2 Å². The van der Waals surface area contributed by atoms with Crippen molar-refractivity contribution in [1.29, 1.82) is 0 Å². The molecule has 2 aromatic heterocycles. The van der Waals surface area contributed by atoms with Gasteiger partial charge in [0.25, 0.3) is 0 Å². The van der Waals surface area contributed by atoms with Crippen LogP contribution in [0.4, 0.5) is 4.79 Å². The van der Waals surface area contributed by atoms with Crippen molar-refractivity contribution in [1.82, 2.24) is 14.8 Å². The van der Waals surface area contributed by atoms with Crippen LogP contribution in [0.5, 0.6) is 5.75 Å².